The van der Waals surface area contributed by atoms with Gasteiger partial charge >= 0.3 is 0 Å². The second-order valence-corrected chi connectivity index (χ2v) is 9.64. The molecule has 2 aromatic rings. The molecule has 0 aromatic heterocycles. The van der Waals surface area contributed by atoms with Crippen LogP contribution in [-0.2, 0) is 14.3 Å². The second-order valence-electron chi connectivity index (χ2n) is 9.64. The predicted octanol–water partition coefficient (Wildman–Crippen LogP) is 4.03. The molecule has 1 amide bonds. The van der Waals surface area contributed by atoms with Gasteiger partial charge in [0.2, 0.25) is 0 Å². The van der Waals surface area contributed by atoms with Crippen molar-refractivity contribution < 1.29 is 33.6 Å². The van der Waals surface area contributed by atoms with Gasteiger partial charge in [-0.2, -0.15) is 0 Å². The van der Waals surface area contributed by atoms with Crippen molar-refractivity contribution in [3.8, 4) is 17.2 Å². The maximum Gasteiger partial charge on any atom is 0.295 e. The maximum absolute atomic E-state index is 13.4. The van der Waals surface area contributed by atoms with Crippen molar-refractivity contribution in [1.82, 2.24) is 9.80 Å². The van der Waals surface area contributed by atoms with Crippen molar-refractivity contribution in [2.75, 3.05) is 60.2 Å². The molecule has 2 saturated heterocycles. The van der Waals surface area contributed by atoms with Gasteiger partial charge in [0.25, 0.3) is 11.7 Å². The summed E-state index contributed by atoms with van der Waals surface area (Å²) >= 11 is 0. The van der Waals surface area contributed by atoms with E-state index in [0.29, 0.717) is 61.3 Å². The molecule has 0 radical (unpaired) electrons. The van der Waals surface area contributed by atoms with Gasteiger partial charge in [0.1, 0.15) is 11.5 Å². The third-order valence-electron chi connectivity index (χ3n) is 7.17. The summed E-state index contributed by atoms with van der Waals surface area (Å²) in [7, 11) is 3.12. The van der Waals surface area contributed by atoms with Crippen LogP contribution in [0.25, 0.3) is 5.76 Å². The molecule has 0 bridgehead atoms. The first kappa shape index (κ1) is 28.4. The molecule has 4 rings (SSSR count). The van der Waals surface area contributed by atoms with E-state index in [1.807, 2.05) is 6.07 Å². The van der Waals surface area contributed by atoms with Crippen LogP contribution >= 0.6 is 0 Å². The third-order valence-corrected chi connectivity index (χ3v) is 7.17. The molecule has 1 unspecified atom stereocenters. The van der Waals surface area contributed by atoms with Crippen molar-refractivity contribution in [2.45, 2.75) is 32.2 Å². The van der Waals surface area contributed by atoms with E-state index in [4.69, 9.17) is 18.9 Å². The van der Waals surface area contributed by atoms with Crippen LogP contribution in [0.4, 0.5) is 0 Å². The number of unbranched alkanes of at least 4 members (excludes halogenated alkanes) is 2. The fraction of sp³-hybridized carbons (Fsp3) is 0.467. The number of Topliss-reactive ketones (excluding diaryl/α,β-unsaturated/α-hetero) is 1. The monoisotopic (exact) mass is 538 g/mol. The number of likely N-dealkylation sites (tertiary alicyclic amines) is 1. The van der Waals surface area contributed by atoms with Crippen molar-refractivity contribution in [2.24, 2.45) is 0 Å². The van der Waals surface area contributed by atoms with Gasteiger partial charge in [-0.05, 0) is 48.4 Å². The summed E-state index contributed by atoms with van der Waals surface area (Å²) in [5, 5.41) is 11.3. The maximum atomic E-state index is 13.4. The first-order valence-electron chi connectivity index (χ1n) is 13.5. The number of amides is 1. The number of methoxy groups -OCH3 is 2. The molecule has 1 atom stereocenters. The number of carbonyl (C=O) groups excluding carboxylic acids is 2. The number of aliphatic hydroxyl groups is 1. The number of morpholine rings is 1. The average molecular weight is 539 g/mol. The number of benzene rings is 2. The van der Waals surface area contributed by atoms with Crippen molar-refractivity contribution >= 4 is 17.4 Å². The predicted molar refractivity (Wildman–Crippen MR) is 147 cm³/mol. The Morgan fingerprint density at radius 3 is 2.38 bits per heavy atom. The van der Waals surface area contributed by atoms with Gasteiger partial charge < -0.3 is 29.0 Å². The summed E-state index contributed by atoms with van der Waals surface area (Å²) in [5.41, 5.74) is 1.13. The number of ketones is 1. The highest BCUT2D eigenvalue weighted by Crippen LogP contribution is 2.42. The van der Waals surface area contributed by atoms with E-state index in [1.54, 1.807) is 55.5 Å². The molecule has 0 aliphatic carbocycles. The standard InChI is InChI=1S/C30H38N2O7/c1-4-5-6-17-39-24-12-9-22(20-25(24)37-3)27-26(28(33)21-7-10-23(36-2)11-8-21)29(34)30(35)32(27)14-13-31-15-18-38-19-16-31/h7-12,20,27,33H,4-6,13-19H2,1-3H3/b28-26+. The highest BCUT2D eigenvalue weighted by molar-refractivity contribution is 6.46. The van der Waals surface area contributed by atoms with Crippen LogP contribution in [0.2, 0.25) is 0 Å². The number of aliphatic hydroxyl groups excluding tert-OH is 1. The van der Waals surface area contributed by atoms with Crippen molar-refractivity contribution in [1.29, 1.82) is 0 Å². The topological polar surface area (TPSA) is 97.8 Å². The van der Waals surface area contributed by atoms with Gasteiger partial charge in [-0.25, -0.2) is 0 Å². The summed E-state index contributed by atoms with van der Waals surface area (Å²) < 4.78 is 22.2. The lowest BCUT2D eigenvalue weighted by atomic mass is 9.95. The Morgan fingerprint density at radius 2 is 1.72 bits per heavy atom. The lowest BCUT2D eigenvalue weighted by Crippen LogP contribution is -2.42. The zero-order valence-corrected chi connectivity index (χ0v) is 23.0. The van der Waals surface area contributed by atoms with Crippen LogP contribution in [0, 0.1) is 0 Å². The van der Waals surface area contributed by atoms with E-state index >= 15 is 0 Å². The molecule has 2 aliphatic heterocycles. The van der Waals surface area contributed by atoms with Crippen LogP contribution in [0.5, 0.6) is 17.2 Å². The number of ether oxygens (including phenoxy) is 4. The zero-order chi connectivity index (χ0) is 27.8. The number of hydrogen-bond acceptors (Lipinski definition) is 8. The van der Waals surface area contributed by atoms with Gasteiger partial charge in [-0.15, -0.1) is 0 Å². The van der Waals surface area contributed by atoms with Crippen LogP contribution in [0.15, 0.2) is 48.0 Å². The molecule has 0 spiro atoms. The van der Waals surface area contributed by atoms with Crippen molar-refractivity contribution in [3.63, 3.8) is 0 Å². The molecule has 2 fully saturated rings. The van der Waals surface area contributed by atoms with E-state index in [9.17, 15) is 14.7 Å². The highest BCUT2D eigenvalue weighted by atomic mass is 16.5. The van der Waals surface area contributed by atoms with E-state index in [1.165, 1.54) is 0 Å². The lowest BCUT2D eigenvalue weighted by molar-refractivity contribution is -0.140. The van der Waals surface area contributed by atoms with Gasteiger partial charge in [0.05, 0.1) is 45.7 Å². The van der Waals surface area contributed by atoms with E-state index < -0.39 is 17.7 Å². The molecule has 1 N–H and O–H groups in total. The molecular weight excluding hydrogens is 500 g/mol. The van der Waals surface area contributed by atoms with Gasteiger partial charge in [0.15, 0.2) is 11.5 Å². The molecule has 2 aliphatic rings. The van der Waals surface area contributed by atoms with E-state index in [0.717, 1.165) is 32.4 Å². The third kappa shape index (κ3) is 6.54. The Hall–Kier alpha value is -3.56. The minimum Gasteiger partial charge on any atom is -0.507 e. The first-order chi connectivity index (χ1) is 19.0. The number of nitrogens with zero attached hydrogens (tertiary/aromatic N) is 2. The van der Waals surface area contributed by atoms with Crippen LogP contribution in [0.3, 0.4) is 0 Å². The molecule has 39 heavy (non-hydrogen) atoms. The lowest BCUT2D eigenvalue weighted by Gasteiger charge is -2.31. The van der Waals surface area contributed by atoms with Gasteiger partial charge in [-0.3, -0.25) is 14.5 Å². The Bertz CT molecular complexity index is 1170. The second kappa shape index (κ2) is 13.5. The SMILES string of the molecule is CCCCCOc1ccc(C2/C(=C(\O)c3ccc(OC)cc3)C(=O)C(=O)N2CCN2CCOCC2)cc1OC. The average Bonchev–Trinajstić information content (AvgIpc) is 3.23. The molecule has 9 nitrogen and oxygen atoms in total. The zero-order valence-electron chi connectivity index (χ0n) is 23.0. The molecule has 9 heteroatoms. The summed E-state index contributed by atoms with van der Waals surface area (Å²) in [6.07, 6.45) is 3.10. The minimum absolute atomic E-state index is 0.0470. The normalized spacial score (nSPS) is 19.4. The summed E-state index contributed by atoms with van der Waals surface area (Å²) in [6, 6.07) is 11.4. The molecule has 210 valence electrons. The summed E-state index contributed by atoms with van der Waals surface area (Å²) in [6.45, 7) is 6.41. The largest absolute Gasteiger partial charge is 0.507 e. The van der Waals surface area contributed by atoms with E-state index in [2.05, 4.69) is 11.8 Å². The minimum atomic E-state index is -0.781. The van der Waals surface area contributed by atoms with Gasteiger partial charge in [-0.1, -0.05) is 25.8 Å². The Labute approximate surface area is 229 Å². The van der Waals surface area contributed by atoms with Gasteiger partial charge in [0, 0.05) is 31.7 Å². The quantitative estimate of drug-likeness (QED) is 0.187. The summed E-state index contributed by atoms with van der Waals surface area (Å²) in [5.74, 6) is 0.142. The van der Waals surface area contributed by atoms with Crippen molar-refractivity contribution in [3.05, 3.63) is 59.2 Å². The Morgan fingerprint density at radius 1 is 0.974 bits per heavy atom. The molecular formula is C30H38N2O7. The number of rotatable bonds is 12. The summed E-state index contributed by atoms with van der Waals surface area (Å²) in [4.78, 5) is 30.5. The first-order valence-corrected chi connectivity index (χ1v) is 13.5. The fourth-order valence-corrected chi connectivity index (χ4v) is 4.94. The number of carbonyl (C=O) groups is 2. The number of hydrogen-bond donors (Lipinski definition) is 1. The molecule has 2 aromatic carbocycles. The fourth-order valence-electron chi connectivity index (χ4n) is 4.94. The smallest absolute Gasteiger partial charge is 0.295 e. The van der Waals surface area contributed by atoms with Crippen LogP contribution in [-0.4, -0.2) is 86.8 Å². The highest BCUT2D eigenvalue weighted by Gasteiger charge is 2.46. The molecule has 2 heterocycles. The Kier molecular flexibility index (Phi) is 9.84. The Balaban J connectivity index is 1.71. The van der Waals surface area contributed by atoms with Crippen LogP contribution < -0.4 is 14.2 Å². The van der Waals surface area contributed by atoms with Crippen LogP contribution in [0.1, 0.15) is 43.4 Å². The van der Waals surface area contributed by atoms with E-state index in [-0.39, 0.29) is 11.3 Å². The molecule has 0 saturated carbocycles.